The SMILES string of the molecule is Cc1cccc(CN(C)CC2CCCC(C)(C)C2O)n1. The van der Waals surface area contributed by atoms with Crippen molar-refractivity contribution in [3.63, 3.8) is 0 Å². The lowest BCUT2D eigenvalue weighted by Gasteiger charge is -2.42. The number of rotatable bonds is 4. The molecule has 2 rings (SSSR count). The summed E-state index contributed by atoms with van der Waals surface area (Å²) in [4.78, 5) is 6.84. The summed E-state index contributed by atoms with van der Waals surface area (Å²) < 4.78 is 0. The van der Waals surface area contributed by atoms with Crippen LogP contribution in [0.5, 0.6) is 0 Å². The second-order valence-corrected chi connectivity index (χ2v) is 7.05. The first-order valence-electron chi connectivity index (χ1n) is 7.67. The maximum absolute atomic E-state index is 10.5. The van der Waals surface area contributed by atoms with Crippen LogP contribution in [-0.2, 0) is 6.54 Å². The molecule has 3 heteroatoms. The minimum atomic E-state index is -0.191. The molecule has 2 unspecified atom stereocenters. The number of aromatic nitrogens is 1. The summed E-state index contributed by atoms with van der Waals surface area (Å²) in [6.45, 7) is 8.19. The van der Waals surface area contributed by atoms with Gasteiger partial charge in [0, 0.05) is 18.8 Å². The van der Waals surface area contributed by atoms with E-state index >= 15 is 0 Å². The minimum absolute atomic E-state index is 0.0609. The van der Waals surface area contributed by atoms with Crippen LogP contribution in [0.25, 0.3) is 0 Å². The highest BCUT2D eigenvalue weighted by molar-refractivity contribution is 5.09. The van der Waals surface area contributed by atoms with E-state index in [0.29, 0.717) is 5.92 Å². The van der Waals surface area contributed by atoms with Gasteiger partial charge in [-0.3, -0.25) is 4.98 Å². The molecule has 1 aliphatic rings. The van der Waals surface area contributed by atoms with E-state index in [-0.39, 0.29) is 11.5 Å². The fourth-order valence-electron chi connectivity index (χ4n) is 3.38. The van der Waals surface area contributed by atoms with E-state index < -0.39 is 0 Å². The zero-order valence-corrected chi connectivity index (χ0v) is 13.3. The number of aliphatic hydroxyl groups is 1. The van der Waals surface area contributed by atoms with Gasteiger partial charge < -0.3 is 10.0 Å². The van der Waals surface area contributed by atoms with Crippen molar-refractivity contribution in [3.8, 4) is 0 Å². The first-order valence-corrected chi connectivity index (χ1v) is 7.67. The van der Waals surface area contributed by atoms with Gasteiger partial charge in [0.25, 0.3) is 0 Å². The topological polar surface area (TPSA) is 36.4 Å². The minimum Gasteiger partial charge on any atom is -0.392 e. The van der Waals surface area contributed by atoms with Crippen LogP contribution in [0.4, 0.5) is 0 Å². The molecular weight excluding hydrogens is 248 g/mol. The zero-order chi connectivity index (χ0) is 14.8. The van der Waals surface area contributed by atoms with E-state index in [0.717, 1.165) is 37.3 Å². The molecule has 0 bridgehead atoms. The number of aliphatic hydroxyl groups excluding tert-OH is 1. The van der Waals surface area contributed by atoms with E-state index in [2.05, 4.69) is 42.9 Å². The highest BCUT2D eigenvalue weighted by Crippen LogP contribution is 2.39. The molecule has 20 heavy (non-hydrogen) atoms. The predicted octanol–water partition coefficient (Wildman–Crippen LogP) is 3.01. The highest BCUT2D eigenvalue weighted by Gasteiger charge is 2.37. The Balaban J connectivity index is 1.92. The Morgan fingerprint density at radius 2 is 2.15 bits per heavy atom. The molecule has 1 saturated carbocycles. The molecule has 112 valence electrons. The summed E-state index contributed by atoms with van der Waals surface area (Å²) in [6, 6.07) is 6.16. The van der Waals surface area contributed by atoms with E-state index in [1.54, 1.807) is 0 Å². The number of hydrogen-bond acceptors (Lipinski definition) is 3. The van der Waals surface area contributed by atoms with Crippen molar-refractivity contribution in [2.24, 2.45) is 11.3 Å². The first-order chi connectivity index (χ1) is 9.38. The summed E-state index contributed by atoms with van der Waals surface area (Å²) in [5.41, 5.74) is 2.23. The largest absolute Gasteiger partial charge is 0.392 e. The summed E-state index contributed by atoms with van der Waals surface area (Å²) >= 11 is 0. The van der Waals surface area contributed by atoms with Crippen molar-refractivity contribution in [2.75, 3.05) is 13.6 Å². The molecule has 1 heterocycles. The van der Waals surface area contributed by atoms with Gasteiger partial charge in [-0.1, -0.05) is 26.3 Å². The van der Waals surface area contributed by atoms with Crippen LogP contribution >= 0.6 is 0 Å². The second-order valence-electron chi connectivity index (χ2n) is 7.05. The monoisotopic (exact) mass is 276 g/mol. The average Bonchev–Trinajstić information content (AvgIpc) is 2.35. The van der Waals surface area contributed by atoms with Crippen LogP contribution in [0.1, 0.15) is 44.5 Å². The third-order valence-corrected chi connectivity index (χ3v) is 4.57. The summed E-state index contributed by atoms with van der Waals surface area (Å²) in [5.74, 6) is 0.383. The lowest BCUT2D eigenvalue weighted by atomic mass is 9.69. The van der Waals surface area contributed by atoms with Gasteiger partial charge in [0.1, 0.15) is 0 Å². The van der Waals surface area contributed by atoms with Crippen molar-refractivity contribution < 1.29 is 5.11 Å². The molecule has 1 aliphatic carbocycles. The van der Waals surface area contributed by atoms with E-state index in [1.165, 1.54) is 6.42 Å². The van der Waals surface area contributed by atoms with Crippen LogP contribution in [0.15, 0.2) is 18.2 Å². The molecule has 1 N–H and O–H groups in total. The second kappa shape index (κ2) is 6.23. The Bertz CT molecular complexity index is 444. The molecule has 1 aromatic heterocycles. The van der Waals surface area contributed by atoms with Crippen molar-refractivity contribution in [3.05, 3.63) is 29.6 Å². The molecule has 0 radical (unpaired) electrons. The maximum Gasteiger partial charge on any atom is 0.0631 e. The van der Waals surface area contributed by atoms with Crippen molar-refractivity contribution in [2.45, 2.75) is 52.7 Å². The Labute approximate surface area is 123 Å². The van der Waals surface area contributed by atoms with Crippen molar-refractivity contribution in [1.82, 2.24) is 9.88 Å². The summed E-state index contributed by atoms with van der Waals surface area (Å²) in [7, 11) is 2.12. The Morgan fingerprint density at radius 1 is 1.40 bits per heavy atom. The van der Waals surface area contributed by atoms with Crippen LogP contribution in [0.2, 0.25) is 0 Å². The van der Waals surface area contributed by atoms with Gasteiger partial charge in [0.15, 0.2) is 0 Å². The molecule has 0 aliphatic heterocycles. The van der Waals surface area contributed by atoms with Gasteiger partial charge in [0.2, 0.25) is 0 Å². The van der Waals surface area contributed by atoms with Gasteiger partial charge in [-0.2, -0.15) is 0 Å². The number of pyridine rings is 1. The van der Waals surface area contributed by atoms with E-state index in [9.17, 15) is 5.11 Å². The summed E-state index contributed by atoms with van der Waals surface area (Å²) in [6.07, 6.45) is 3.30. The number of hydrogen-bond donors (Lipinski definition) is 1. The predicted molar refractivity (Wildman–Crippen MR) is 82.4 cm³/mol. The quantitative estimate of drug-likeness (QED) is 0.918. The van der Waals surface area contributed by atoms with Gasteiger partial charge in [-0.05, 0) is 50.3 Å². The van der Waals surface area contributed by atoms with Crippen molar-refractivity contribution in [1.29, 1.82) is 0 Å². The molecule has 3 nitrogen and oxygen atoms in total. The molecular formula is C17H28N2O. The van der Waals surface area contributed by atoms with Crippen LogP contribution in [0.3, 0.4) is 0 Å². The van der Waals surface area contributed by atoms with Crippen molar-refractivity contribution >= 4 is 0 Å². The third-order valence-electron chi connectivity index (χ3n) is 4.57. The lowest BCUT2D eigenvalue weighted by molar-refractivity contribution is -0.0415. The Kier molecular flexibility index (Phi) is 4.82. The van der Waals surface area contributed by atoms with Crippen LogP contribution in [0, 0.1) is 18.3 Å². The number of aryl methyl sites for hydroxylation is 1. The van der Waals surface area contributed by atoms with Gasteiger partial charge in [-0.25, -0.2) is 0 Å². The number of nitrogens with zero attached hydrogens (tertiary/aromatic N) is 2. The maximum atomic E-state index is 10.5. The fraction of sp³-hybridized carbons (Fsp3) is 0.706. The van der Waals surface area contributed by atoms with Crippen LogP contribution < -0.4 is 0 Å². The van der Waals surface area contributed by atoms with Crippen LogP contribution in [-0.4, -0.2) is 34.7 Å². The van der Waals surface area contributed by atoms with Gasteiger partial charge >= 0.3 is 0 Å². The third kappa shape index (κ3) is 3.80. The standard InChI is InChI=1S/C17H28N2O/c1-13-7-5-9-15(18-13)12-19(4)11-14-8-6-10-17(2,3)16(14)20/h5,7,9,14,16,20H,6,8,10-12H2,1-4H3. The van der Waals surface area contributed by atoms with Gasteiger partial charge in [-0.15, -0.1) is 0 Å². The molecule has 0 amide bonds. The molecule has 0 aromatic carbocycles. The smallest absolute Gasteiger partial charge is 0.0631 e. The fourth-order valence-corrected chi connectivity index (χ4v) is 3.38. The molecule has 0 spiro atoms. The molecule has 0 saturated heterocycles. The summed E-state index contributed by atoms with van der Waals surface area (Å²) in [5, 5.41) is 10.5. The first kappa shape index (κ1) is 15.5. The zero-order valence-electron chi connectivity index (χ0n) is 13.3. The highest BCUT2D eigenvalue weighted by atomic mass is 16.3. The Hall–Kier alpha value is -0.930. The molecule has 1 fully saturated rings. The lowest BCUT2D eigenvalue weighted by Crippen LogP contribution is -2.44. The average molecular weight is 276 g/mol. The molecule has 1 aromatic rings. The normalized spacial score (nSPS) is 25.9. The van der Waals surface area contributed by atoms with E-state index in [4.69, 9.17) is 0 Å². The molecule has 2 atom stereocenters. The Morgan fingerprint density at radius 3 is 2.85 bits per heavy atom. The van der Waals surface area contributed by atoms with Gasteiger partial charge in [0.05, 0.1) is 11.8 Å². The van der Waals surface area contributed by atoms with E-state index in [1.807, 2.05) is 13.0 Å².